The fraction of sp³-hybridized carbons (Fsp3) is 0.217. The maximum absolute atomic E-state index is 13.3. The third-order valence-electron chi connectivity index (χ3n) is 5.91. The summed E-state index contributed by atoms with van der Waals surface area (Å²) in [7, 11) is 0. The Morgan fingerprint density at radius 1 is 1.20 bits per heavy atom. The summed E-state index contributed by atoms with van der Waals surface area (Å²) in [6.07, 6.45) is 1.92. The zero-order chi connectivity index (χ0) is 24.7. The maximum atomic E-state index is 13.3. The summed E-state index contributed by atoms with van der Waals surface area (Å²) in [5, 5.41) is 13.1. The zero-order valence-electron chi connectivity index (χ0n) is 18.1. The van der Waals surface area contributed by atoms with Crippen LogP contribution in [0, 0.1) is 5.82 Å². The summed E-state index contributed by atoms with van der Waals surface area (Å²) in [6.45, 7) is -0.0340. The monoisotopic (exact) mass is 496 g/mol. The van der Waals surface area contributed by atoms with Gasteiger partial charge in [0.1, 0.15) is 24.1 Å². The van der Waals surface area contributed by atoms with E-state index in [1.54, 1.807) is 18.2 Å². The molecule has 2 aliphatic heterocycles. The molecule has 0 radical (unpaired) electrons. The van der Waals surface area contributed by atoms with E-state index in [9.17, 15) is 23.6 Å². The zero-order valence-corrected chi connectivity index (χ0v) is 18.9. The molecule has 0 bridgehead atoms. The van der Waals surface area contributed by atoms with Gasteiger partial charge in [-0.05, 0) is 36.8 Å². The van der Waals surface area contributed by atoms with Crippen LogP contribution in [0.2, 0.25) is 5.02 Å². The van der Waals surface area contributed by atoms with E-state index in [1.165, 1.54) is 27.9 Å². The van der Waals surface area contributed by atoms with Gasteiger partial charge < -0.3 is 10.2 Å². The van der Waals surface area contributed by atoms with Gasteiger partial charge in [-0.1, -0.05) is 22.9 Å². The Kier molecular flexibility index (Phi) is 5.77. The molecular weight excluding hydrogens is 479 g/mol. The predicted molar refractivity (Wildman–Crippen MR) is 122 cm³/mol. The number of fused-ring (bicyclic) bond motifs is 1. The first-order valence-corrected chi connectivity index (χ1v) is 11.1. The van der Waals surface area contributed by atoms with E-state index in [4.69, 9.17) is 11.6 Å². The van der Waals surface area contributed by atoms with Crippen LogP contribution in [0.1, 0.15) is 28.8 Å². The van der Waals surface area contributed by atoms with Crippen molar-refractivity contribution in [3.05, 3.63) is 64.6 Å². The van der Waals surface area contributed by atoms with Crippen molar-refractivity contribution < 1.29 is 23.6 Å². The van der Waals surface area contributed by atoms with Crippen LogP contribution in [0.4, 0.5) is 10.1 Å². The number of carbonyl (C=O) groups is 4. The molecule has 2 N–H and O–H groups in total. The lowest BCUT2D eigenvalue weighted by Gasteiger charge is -2.29. The highest BCUT2D eigenvalue weighted by molar-refractivity contribution is 6.33. The van der Waals surface area contributed by atoms with Gasteiger partial charge in [-0.2, -0.15) is 0 Å². The van der Waals surface area contributed by atoms with E-state index in [2.05, 4.69) is 20.9 Å². The molecule has 35 heavy (non-hydrogen) atoms. The molecule has 1 atom stereocenters. The lowest BCUT2D eigenvalue weighted by molar-refractivity contribution is -0.137. The Balaban J connectivity index is 1.29. The highest BCUT2D eigenvalue weighted by atomic mass is 35.5. The Morgan fingerprint density at radius 3 is 2.80 bits per heavy atom. The molecule has 0 saturated carbocycles. The van der Waals surface area contributed by atoms with E-state index >= 15 is 0 Å². The number of rotatable bonds is 5. The minimum atomic E-state index is -0.747. The molecule has 1 aromatic heterocycles. The number of piperidine rings is 1. The van der Waals surface area contributed by atoms with E-state index in [0.717, 1.165) is 6.07 Å². The number of aromatic nitrogens is 3. The number of carbonyl (C=O) groups excluding carboxylic acids is 4. The summed E-state index contributed by atoms with van der Waals surface area (Å²) < 4.78 is 14.6. The lowest BCUT2D eigenvalue weighted by atomic mass is 10.0. The molecule has 5 rings (SSSR count). The topological polar surface area (TPSA) is 126 Å². The van der Waals surface area contributed by atoms with E-state index in [-0.39, 0.29) is 42.8 Å². The van der Waals surface area contributed by atoms with E-state index in [1.807, 2.05) is 0 Å². The molecule has 1 fully saturated rings. The smallest absolute Gasteiger partial charge is 0.255 e. The van der Waals surface area contributed by atoms with Crippen molar-refractivity contribution in [3.8, 4) is 11.3 Å². The normalized spacial score (nSPS) is 17.4. The Morgan fingerprint density at radius 2 is 2.03 bits per heavy atom. The van der Waals surface area contributed by atoms with Crippen LogP contribution in [-0.2, 0) is 27.5 Å². The molecular formula is C23H18ClFN6O4. The van der Waals surface area contributed by atoms with Gasteiger partial charge in [0, 0.05) is 35.3 Å². The van der Waals surface area contributed by atoms with Crippen molar-refractivity contribution in [2.45, 2.75) is 32.0 Å². The SMILES string of the molecule is O=C1CCC(N2Cc3c(NC(=O)Cn4cc(-c5ccc(F)cc5Cl)nn4)cccc3C2=O)C(=O)N1. The van der Waals surface area contributed by atoms with Crippen LogP contribution < -0.4 is 10.6 Å². The molecule has 3 aromatic rings. The number of halogens is 2. The molecule has 2 aromatic carbocycles. The maximum Gasteiger partial charge on any atom is 0.255 e. The first-order valence-electron chi connectivity index (χ1n) is 10.7. The minimum absolute atomic E-state index is 0.132. The van der Waals surface area contributed by atoms with Gasteiger partial charge in [-0.15, -0.1) is 5.10 Å². The molecule has 12 heteroatoms. The van der Waals surface area contributed by atoms with Crippen molar-refractivity contribution in [2.75, 3.05) is 5.32 Å². The highest BCUT2D eigenvalue weighted by Crippen LogP contribution is 2.32. The van der Waals surface area contributed by atoms with E-state index in [0.29, 0.717) is 28.1 Å². The average molecular weight is 497 g/mol. The second-order valence-corrected chi connectivity index (χ2v) is 8.61. The van der Waals surface area contributed by atoms with Crippen LogP contribution in [0.25, 0.3) is 11.3 Å². The first-order chi connectivity index (χ1) is 16.8. The largest absolute Gasteiger partial charge is 0.324 e. The minimum Gasteiger partial charge on any atom is -0.324 e. The molecule has 0 spiro atoms. The molecule has 2 aliphatic rings. The molecule has 3 heterocycles. The molecule has 1 saturated heterocycles. The van der Waals surface area contributed by atoms with Crippen LogP contribution in [0.5, 0.6) is 0 Å². The van der Waals surface area contributed by atoms with Crippen molar-refractivity contribution in [3.63, 3.8) is 0 Å². The quantitative estimate of drug-likeness (QED) is 0.521. The molecule has 4 amide bonds. The summed E-state index contributed by atoms with van der Waals surface area (Å²) in [5.74, 6) is -2.08. The molecule has 178 valence electrons. The number of nitrogens with one attached hydrogen (secondary N) is 2. The van der Waals surface area contributed by atoms with Crippen LogP contribution in [0.15, 0.2) is 42.6 Å². The van der Waals surface area contributed by atoms with Crippen molar-refractivity contribution in [1.82, 2.24) is 25.2 Å². The van der Waals surface area contributed by atoms with Gasteiger partial charge in [0.15, 0.2) is 0 Å². The third-order valence-corrected chi connectivity index (χ3v) is 6.22. The number of anilines is 1. The number of imide groups is 1. The molecule has 0 aliphatic carbocycles. The second kappa shape index (κ2) is 8.91. The van der Waals surface area contributed by atoms with E-state index < -0.39 is 23.7 Å². The molecule has 1 unspecified atom stereocenters. The fourth-order valence-corrected chi connectivity index (χ4v) is 4.50. The number of nitrogens with zero attached hydrogens (tertiary/aromatic N) is 4. The van der Waals surface area contributed by atoms with Gasteiger partial charge >= 0.3 is 0 Å². The number of hydrogen-bond acceptors (Lipinski definition) is 6. The molecule has 10 nitrogen and oxygen atoms in total. The van der Waals surface area contributed by atoms with Gasteiger partial charge in [0.2, 0.25) is 17.7 Å². The second-order valence-electron chi connectivity index (χ2n) is 8.21. The van der Waals surface area contributed by atoms with Crippen LogP contribution in [-0.4, -0.2) is 49.6 Å². The Labute approximate surface area is 203 Å². The van der Waals surface area contributed by atoms with Crippen molar-refractivity contribution in [1.29, 1.82) is 0 Å². The number of hydrogen-bond donors (Lipinski definition) is 2. The number of benzene rings is 2. The summed E-state index contributed by atoms with van der Waals surface area (Å²) in [4.78, 5) is 50.8. The Bertz CT molecular complexity index is 1390. The predicted octanol–water partition coefficient (Wildman–Crippen LogP) is 2.14. The Hall–Kier alpha value is -4.12. The standard InChI is InChI=1S/C23H18ClFN6O4/c24-16-8-12(25)4-5-14(16)18-10-30(29-28-18)11-21(33)26-17-3-1-2-13-15(17)9-31(23(13)35)19-6-7-20(32)27-22(19)34/h1-5,8,10,19H,6-7,9,11H2,(H,26,33)(H,27,32,34). The van der Waals surface area contributed by atoms with Gasteiger partial charge in [0.25, 0.3) is 5.91 Å². The van der Waals surface area contributed by atoms with Crippen LogP contribution in [0.3, 0.4) is 0 Å². The average Bonchev–Trinajstić information content (AvgIpc) is 3.39. The summed E-state index contributed by atoms with van der Waals surface area (Å²) in [5.41, 5.74) is 2.29. The fourth-order valence-electron chi connectivity index (χ4n) is 4.24. The third kappa shape index (κ3) is 4.37. The van der Waals surface area contributed by atoms with Crippen molar-refractivity contribution in [2.24, 2.45) is 0 Å². The van der Waals surface area contributed by atoms with Gasteiger partial charge in [0.05, 0.1) is 11.2 Å². The lowest BCUT2D eigenvalue weighted by Crippen LogP contribution is -2.52. The highest BCUT2D eigenvalue weighted by Gasteiger charge is 2.39. The first kappa shape index (κ1) is 22.7. The number of amides is 4. The summed E-state index contributed by atoms with van der Waals surface area (Å²) >= 11 is 6.07. The van der Waals surface area contributed by atoms with Crippen LogP contribution >= 0.6 is 11.6 Å². The summed E-state index contributed by atoms with van der Waals surface area (Å²) in [6, 6.07) is 8.09. The van der Waals surface area contributed by atoms with Crippen molar-refractivity contribution >= 4 is 40.9 Å². The van der Waals surface area contributed by atoms with Gasteiger partial charge in [-0.3, -0.25) is 24.5 Å². The van der Waals surface area contributed by atoms with Gasteiger partial charge in [-0.25, -0.2) is 9.07 Å².